The summed E-state index contributed by atoms with van der Waals surface area (Å²) in [6.07, 6.45) is -3.58. The number of halogens is 3. The molecule has 1 aliphatic rings. The molecule has 3 N–H and O–H groups in total. The lowest BCUT2D eigenvalue weighted by Gasteiger charge is -2.38. The van der Waals surface area contributed by atoms with E-state index >= 15 is 0 Å². The minimum atomic E-state index is -4.41. The first-order valence-electron chi connectivity index (χ1n) is 8.87. The second kappa shape index (κ2) is 8.37. The summed E-state index contributed by atoms with van der Waals surface area (Å²) in [5.74, 6) is -0.387. The van der Waals surface area contributed by atoms with Crippen LogP contribution in [0.1, 0.15) is 22.8 Å². The van der Waals surface area contributed by atoms with Crippen LogP contribution in [-0.2, 0) is 11.0 Å². The van der Waals surface area contributed by atoms with Crippen molar-refractivity contribution in [3.63, 3.8) is 0 Å². The van der Waals surface area contributed by atoms with Gasteiger partial charge in [0.05, 0.1) is 17.2 Å². The van der Waals surface area contributed by atoms with Crippen LogP contribution in [0, 0.1) is 0 Å². The molecule has 3 heterocycles. The maximum absolute atomic E-state index is 12.7. The first-order valence-corrected chi connectivity index (χ1v) is 9.75. The van der Waals surface area contributed by atoms with E-state index in [1.807, 2.05) is 9.80 Å². The second-order valence-electron chi connectivity index (χ2n) is 6.62. The smallest absolute Gasteiger partial charge is 0.366 e. The summed E-state index contributed by atoms with van der Waals surface area (Å²) in [7, 11) is 0. The van der Waals surface area contributed by atoms with Crippen molar-refractivity contribution in [3.05, 3.63) is 40.9 Å². The number of thiophene rings is 1. The number of amides is 2. The molecule has 1 fully saturated rings. The Bertz CT molecular complexity index is 876. The number of hydrogen-bond acceptors (Lipinski definition) is 6. The molecule has 1 aliphatic heterocycles. The van der Waals surface area contributed by atoms with Gasteiger partial charge in [-0.25, -0.2) is 4.98 Å². The zero-order valence-corrected chi connectivity index (χ0v) is 16.4. The second-order valence-corrected chi connectivity index (χ2v) is 7.53. The van der Waals surface area contributed by atoms with E-state index in [0.717, 1.165) is 12.3 Å². The molecule has 2 aromatic rings. The van der Waals surface area contributed by atoms with Gasteiger partial charge in [0.1, 0.15) is 10.8 Å². The molecular formula is C18H20F3N5O2S. The number of pyridine rings is 1. The first kappa shape index (κ1) is 21.1. The van der Waals surface area contributed by atoms with Crippen molar-refractivity contribution in [1.29, 1.82) is 0 Å². The number of aromatic nitrogens is 1. The number of nitrogens with one attached hydrogen (secondary N) is 1. The van der Waals surface area contributed by atoms with E-state index in [9.17, 15) is 22.8 Å². The molecule has 1 unspecified atom stereocenters. The van der Waals surface area contributed by atoms with Crippen molar-refractivity contribution in [2.24, 2.45) is 5.73 Å². The molecule has 0 radical (unpaired) electrons. The zero-order chi connectivity index (χ0) is 21.2. The lowest BCUT2D eigenvalue weighted by molar-refractivity contribution is -0.137. The monoisotopic (exact) mass is 427 g/mol. The highest BCUT2D eigenvalue weighted by Gasteiger charge is 2.31. The molecule has 29 heavy (non-hydrogen) atoms. The van der Waals surface area contributed by atoms with Crippen LogP contribution in [0.5, 0.6) is 0 Å². The number of piperazine rings is 1. The van der Waals surface area contributed by atoms with Gasteiger partial charge in [-0.2, -0.15) is 13.2 Å². The summed E-state index contributed by atoms with van der Waals surface area (Å²) >= 11 is 1.22. The zero-order valence-electron chi connectivity index (χ0n) is 15.6. The Labute approximate surface area is 169 Å². The van der Waals surface area contributed by atoms with E-state index in [2.05, 4.69) is 10.3 Å². The molecule has 0 bridgehead atoms. The summed E-state index contributed by atoms with van der Waals surface area (Å²) in [5, 5.41) is 4.83. The van der Waals surface area contributed by atoms with E-state index in [1.165, 1.54) is 17.4 Å². The van der Waals surface area contributed by atoms with Crippen LogP contribution in [0.3, 0.4) is 0 Å². The van der Waals surface area contributed by atoms with Crippen molar-refractivity contribution in [2.45, 2.75) is 19.1 Å². The fourth-order valence-corrected chi connectivity index (χ4v) is 3.86. The van der Waals surface area contributed by atoms with Gasteiger partial charge in [0.2, 0.25) is 5.91 Å². The fraction of sp³-hybridized carbons (Fsp3) is 0.389. The maximum atomic E-state index is 12.7. The van der Waals surface area contributed by atoms with Gasteiger partial charge in [0.15, 0.2) is 0 Å². The van der Waals surface area contributed by atoms with Gasteiger partial charge >= 0.3 is 6.18 Å². The molecule has 2 amide bonds. The molecule has 0 spiro atoms. The molecule has 0 aliphatic carbocycles. The van der Waals surface area contributed by atoms with E-state index in [1.54, 1.807) is 18.4 Å². The largest absolute Gasteiger partial charge is 0.417 e. The highest BCUT2D eigenvalue weighted by Crippen LogP contribution is 2.29. The van der Waals surface area contributed by atoms with Gasteiger partial charge in [-0.3, -0.25) is 14.5 Å². The van der Waals surface area contributed by atoms with Crippen LogP contribution < -0.4 is 16.0 Å². The van der Waals surface area contributed by atoms with E-state index in [0.29, 0.717) is 37.0 Å². The van der Waals surface area contributed by atoms with Crippen LogP contribution in [0.25, 0.3) is 0 Å². The molecule has 0 saturated carbocycles. The summed E-state index contributed by atoms with van der Waals surface area (Å²) in [4.78, 5) is 31.7. The number of nitrogens with two attached hydrogens (primary N) is 1. The molecule has 1 atom stereocenters. The number of carbonyl (C=O) groups is 2. The van der Waals surface area contributed by atoms with E-state index < -0.39 is 23.7 Å². The summed E-state index contributed by atoms with van der Waals surface area (Å²) in [5.41, 5.74) is 4.78. The highest BCUT2D eigenvalue weighted by molar-refractivity contribution is 7.14. The topological polar surface area (TPSA) is 91.6 Å². The van der Waals surface area contributed by atoms with Crippen molar-refractivity contribution < 1.29 is 22.8 Å². The Balaban J connectivity index is 1.56. The predicted molar refractivity (Wildman–Crippen MR) is 104 cm³/mol. The van der Waals surface area contributed by atoms with Gasteiger partial charge in [-0.1, -0.05) is 0 Å². The normalized spacial score (nSPS) is 16.5. The quantitative estimate of drug-likeness (QED) is 0.765. The van der Waals surface area contributed by atoms with Crippen LogP contribution in [-0.4, -0.2) is 53.9 Å². The fourth-order valence-electron chi connectivity index (χ4n) is 3.06. The molecule has 7 nitrogen and oxygen atoms in total. The standard InChI is InChI=1S/C18H20F3N5O2S/c1-11(16(28)24-17-13(15(22)27)4-9-29-17)25-5-7-26(8-6-25)14-3-2-12(10-23-14)18(19,20)21/h2-4,9-11H,5-8H2,1H3,(H2,22,27)(H,24,28). The van der Waals surface area contributed by atoms with Gasteiger partial charge in [0, 0.05) is 32.4 Å². The molecule has 1 saturated heterocycles. The minimum absolute atomic E-state index is 0.254. The van der Waals surface area contributed by atoms with Crippen LogP contribution in [0.4, 0.5) is 24.0 Å². The lowest BCUT2D eigenvalue weighted by Crippen LogP contribution is -2.53. The van der Waals surface area contributed by atoms with Crippen molar-refractivity contribution in [1.82, 2.24) is 9.88 Å². The molecule has 0 aromatic carbocycles. The summed E-state index contributed by atoms with van der Waals surface area (Å²) in [6.45, 7) is 3.91. The maximum Gasteiger partial charge on any atom is 0.417 e. The predicted octanol–water partition coefficient (Wildman–Crippen LogP) is 2.41. The molecule has 3 rings (SSSR count). The molecule has 2 aromatic heterocycles. The average Bonchev–Trinajstić information content (AvgIpc) is 3.15. The number of hydrogen-bond donors (Lipinski definition) is 2. The van der Waals surface area contributed by atoms with Crippen molar-refractivity contribution in [2.75, 3.05) is 36.4 Å². The number of carbonyl (C=O) groups excluding carboxylic acids is 2. The Morgan fingerprint density at radius 1 is 1.21 bits per heavy atom. The van der Waals surface area contributed by atoms with Crippen LogP contribution in [0.2, 0.25) is 0 Å². The van der Waals surface area contributed by atoms with Crippen LogP contribution >= 0.6 is 11.3 Å². The Morgan fingerprint density at radius 3 is 2.45 bits per heavy atom. The lowest BCUT2D eigenvalue weighted by atomic mass is 10.2. The van der Waals surface area contributed by atoms with Crippen molar-refractivity contribution >= 4 is 34.0 Å². The number of primary amides is 1. The third-order valence-electron chi connectivity index (χ3n) is 4.81. The number of rotatable bonds is 5. The highest BCUT2D eigenvalue weighted by atomic mass is 32.1. The third kappa shape index (κ3) is 4.85. The minimum Gasteiger partial charge on any atom is -0.366 e. The van der Waals surface area contributed by atoms with Crippen LogP contribution in [0.15, 0.2) is 29.8 Å². The Morgan fingerprint density at radius 2 is 1.90 bits per heavy atom. The first-order chi connectivity index (χ1) is 13.7. The average molecular weight is 427 g/mol. The van der Waals surface area contributed by atoms with Gasteiger partial charge in [-0.05, 0) is 30.5 Å². The number of alkyl halides is 3. The number of nitrogens with zero attached hydrogens (tertiary/aromatic N) is 3. The van der Waals surface area contributed by atoms with Crippen molar-refractivity contribution in [3.8, 4) is 0 Å². The van der Waals surface area contributed by atoms with E-state index in [-0.39, 0.29) is 11.5 Å². The van der Waals surface area contributed by atoms with Gasteiger partial charge in [-0.15, -0.1) is 11.3 Å². The SMILES string of the molecule is CC(C(=O)Nc1sccc1C(N)=O)N1CCN(c2ccc(C(F)(F)F)cn2)CC1. The Kier molecular flexibility index (Phi) is 6.08. The molecule has 11 heteroatoms. The molecular weight excluding hydrogens is 407 g/mol. The Hall–Kier alpha value is -2.66. The van der Waals surface area contributed by atoms with Gasteiger partial charge in [0.25, 0.3) is 5.91 Å². The summed E-state index contributed by atoms with van der Waals surface area (Å²) < 4.78 is 38.0. The number of anilines is 2. The third-order valence-corrected chi connectivity index (χ3v) is 5.64. The van der Waals surface area contributed by atoms with Gasteiger partial charge < -0.3 is 16.0 Å². The van der Waals surface area contributed by atoms with E-state index in [4.69, 9.17) is 5.73 Å². The summed E-state index contributed by atoms with van der Waals surface area (Å²) in [6, 6.07) is 3.49. The molecule has 156 valence electrons.